The van der Waals surface area contributed by atoms with E-state index in [9.17, 15) is 10.1 Å². The zero-order valence-corrected chi connectivity index (χ0v) is 7.39. The van der Waals surface area contributed by atoms with Crippen molar-refractivity contribution in [2.45, 2.75) is 6.92 Å². The maximum absolute atomic E-state index is 10.4. The summed E-state index contributed by atoms with van der Waals surface area (Å²) in [4.78, 5) is 13.7. The van der Waals surface area contributed by atoms with Gasteiger partial charge in [0.1, 0.15) is 12.0 Å². The summed E-state index contributed by atoms with van der Waals surface area (Å²) >= 11 is 0. The Kier molecular flexibility index (Phi) is 2.43. The van der Waals surface area contributed by atoms with Gasteiger partial charge in [0, 0.05) is 13.1 Å². The molecule has 0 aromatic carbocycles. The van der Waals surface area contributed by atoms with Crippen molar-refractivity contribution >= 4 is 11.5 Å². The zero-order chi connectivity index (χ0) is 10.0. The molecule has 0 fully saturated rings. The summed E-state index contributed by atoms with van der Waals surface area (Å²) < 4.78 is 0. The molecule has 0 aliphatic carbocycles. The molecule has 0 atom stereocenters. The number of anilines is 1. The standard InChI is InChI=1S/C7H10N4O2/c1-5-3-6(11(12)13)4-9-7(5)10(2)8/h3-4H,8H2,1-2H3. The SMILES string of the molecule is Cc1cc([N+](=O)[O-])cnc1N(C)N. The van der Waals surface area contributed by atoms with Gasteiger partial charge in [-0.3, -0.25) is 15.1 Å². The summed E-state index contributed by atoms with van der Waals surface area (Å²) in [5.74, 6) is 5.97. The van der Waals surface area contributed by atoms with E-state index < -0.39 is 4.92 Å². The Morgan fingerprint density at radius 1 is 1.69 bits per heavy atom. The molecule has 0 bridgehead atoms. The molecule has 0 aliphatic heterocycles. The van der Waals surface area contributed by atoms with Crippen LogP contribution in [0.3, 0.4) is 0 Å². The lowest BCUT2D eigenvalue weighted by Crippen LogP contribution is -2.26. The largest absolute Gasteiger partial charge is 0.298 e. The van der Waals surface area contributed by atoms with Crippen LogP contribution in [0.1, 0.15) is 5.56 Å². The van der Waals surface area contributed by atoms with Gasteiger partial charge < -0.3 is 0 Å². The minimum absolute atomic E-state index is 0.0249. The second kappa shape index (κ2) is 3.36. The number of aryl methyl sites for hydroxylation is 1. The summed E-state index contributed by atoms with van der Waals surface area (Å²) in [6, 6.07) is 1.44. The predicted octanol–water partition coefficient (Wildman–Crippen LogP) is 0.608. The molecule has 0 spiro atoms. The molecule has 6 nitrogen and oxygen atoms in total. The van der Waals surface area contributed by atoms with Crippen LogP contribution in [-0.2, 0) is 0 Å². The van der Waals surface area contributed by atoms with Crippen molar-refractivity contribution in [1.29, 1.82) is 0 Å². The molecule has 0 amide bonds. The number of aromatic nitrogens is 1. The second-order valence-electron chi connectivity index (χ2n) is 2.70. The molecule has 1 heterocycles. The molecule has 2 N–H and O–H groups in total. The van der Waals surface area contributed by atoms with Gasteiger partial charge in [-0.15, -0.1) is 0 Å². The summed E-state index contributed by atoms with van der Waals surface area (Å²) in [5.41, 5.74) is 0.655. The van der Waals surface area contributed by atoms with E-state index in [-0.39, 0.29) is 5.69 Å². The first kappa shape index (κ1) is 9.40. The average Bonchev–Trinajstić information content (AvgIpc) is 2.03. The van der Waals surface area contributed by atoms with Crippen molar-refractivity contribution in [3.63, 3.8) is 0 Å². The fourth-order valence-electron chi connectivity index (χ4n) is 1.02. The van der Waals surface area contributed by atoms with Gasteiger partial charge in [-0.25, -0.2) is 10.8 Å². The summed E-state index contributed by atoms with van der Waals surface area (Å²) in [5, 5.41) is 11.7. The Labute approximate surface area is 75.1 Å². The average molecular weight is 182 g/mol. The van der Waals surface area contributed by atoms with Gasteiger partial charge in [0.15, 0.2) is 0 Å². The van der Waals surface area contributed by atoms with Gasteiger partial charge in [0.05, 0.1) is 4.92 Å². The van der Waals surface area contributed by atoms with Crippen LogP contribution in [-0.4, -0.2) is 17.0 Å². The van der Waals surface area contributed by atoms with E-state index in [1.165, 1.54) is 17.3 Å². The molecule has 0 aliphatic rings. The van der Waals surface area contributed by atoms with E-state index in [0.717, 1.165) is 0 Å². The fraction of sp³-hybridized carbons (Fsp3) is 0.286. The Morgan fingerprint density at radius 2 is 2.31 bits per heavy atom. The molecule has 1 rings (SSSR count). The number of pyridine rings is 1. The molecule has 0 saturated heterocycles. The molecule has 0 unspecified atom stereocenters. The number of nitro groups is 1. The number of nitrogens with two attached hydrogens (primary N) is 1. The van der Waals surface area contributed by atoms with Crippen LogP contribution in [0.5, 0.6) is 0 Å². The van der Waals surface area contributed by atoms with Gasteiger partial charge in [-0.1, -0.05) is 0 Å². The van der Waals surface area contributed by atoms with Crippen molar-refractivity contribution in [3.05, 3.63) is 27.9 Å². The van der Waals surface area contributed by atoms with Crippen LogP contribution in [0.2, 0.25) is 0 Å². The Balaban J connectivity index is 3.13. The minimum atomic E-state index is -0.486. The first-order chi connectivity index (χ1) is 6.02. The second-order valence-corrected chi connectivity index (χ2v) is 2.70. The van der Waals surface area contributed by atoms with Crippen LogP contribution >= 0.6 is 0 Å². The van der Waals surface area contributed by atoms with Gasteiger partial charge in [0.2, 0.25) is 0 Å². The third kappa shape index (κ3) is 1.91. The van der Waals surface area contributed by atoms with E-state index in [1.807, 2.05) is 0 Å². The normalized spacial score (nSPS) is 9.77. The third-order valence-electron chi connectivity index (χ3n) is 1.58. The predicted molar refractivity (Wildman–Crippen MR) is 48.2 cm³/mol. The molecule has 1 aromatic heterocycles. The molecular formula is C7H10N4O2. The highest BCUT2D eigenvalue weighted by atomic mass is 16.6. The highest BCUT2D eigenvalue weighted by molar-refractivity contribution is 5.48. The van der Waals surface area contributed by atoms with Crippen molar-refractivity contribution in [2.75, 3.05) is 12.1 Å². The zero-order valence-electron chi connectivity index (χ0n) is 7.39. The number of hydrogen-bond donors (Lipinski definition) is 1. The third-order valence-corrected chi connectivity index (χ3v) is 1.58. The first-order valence-corrected chi connectivity index (χ1v) is 3.62. The quantitative estimate of drug-likeness (QED) is 0.411. The van der Waals surface area contributed by atoms with E-state index in [1.54, 1.807) is 14.0 Å². The highest BCUT2D eigenvalue weighted by Gasteiger charge is 2.10. The van der Waals surface area contributed by atoms with Crippen LogP contribution in [0.4, 0.5) is 11.5 Å². The monoisotopic (exact) mass is 182 g/mol. The maximum Gasteiger partial charge on any atom is 0.287 e. The van der Waals surface area contributed by atoms with Crippen LogP contribution in [0.15, 0.2) is 12.3 Å². The molecular weight excluding hydrogens is 172 g/mol. The molecule has 13 heavy (non-hydrogen) atoms. The topological polar surface area (TPSA) is 85.3 Å². The number of nitrogens with zero attached hydrogens (tertiary/aromatic N) is 3. The molecule has 6 heteroatoms. The van der Waals surface area contributed by atoms with Gasteiger partial charge in [0.25, 0.3) is 5.69 Å². The number of rotatable bonds is 2. The lowest BCUT2D eigenvalue weighted by atomic mass is 10.2. The van der Waals surface area contributed by atoms with Crippen molar-refractivity contribution in [1.82, 2.24) is 4.98 Å². The molecule has 70 valence electrons. The minimum Gasteiger partial charge on any atom is -0.298 e. The Morgan fingerprint density at radius 3 is 2.69 bits per heavy atom. The van der Waals surface area contributed by atoms with Crippen LogP contribution in [0, 0.1) is 17.0 Å². The molecule has 0 saturated carbocycles. The van der Waals surface area contributed by atoms with Gasteiger partial charge >= 0.3 is 0 Å². The van der Waals surface area contributed by atoms with E-state index >= 15 is 0 Å². The van der Waals surface area contributed by atoms with Crippen LogP contribution < -0.4 is 10.9 Å². The lowest BCUT2D eigenvalue weighted by molar-refractivity contribution is -0.385. The maximum atomic E-state index is 10.4. The lowest BCUT2D eigenvalue weighted by Gasteiger charge is -2.12. The van der Waals surface area contributed by atoms with E-state index in [2.05, 4.69) is 4.98 Å². The van der Waals surface area contributed by atoms with Crippen LogP contribution in [0.25, 0.3) is 0 Å². The Bertz CT molecular complexity index is 337. The van der Waals surface area contributed by atoms with Crippen molar-refractivity contribution < 1.29 is 4.92 Å². The molecule has 0 radical (unpaired) electrons. The van der Waals surface area contributed by atoms with Crippen molar-refractivity contribution in [3.8, 4) is 0 Å². The summed E-state index contributed by atoms with van der Waals surface area (Å²) in [7, 11) is 1.63. The highest BCUT2D eigenvalue weighted by Crippen LogP contribution is 2.18. The Hall–Kier alpha value is -1.69. The summed E-state index contributed by atoms with van der Waals surface area (Å²) in [6.45, 7) is 1.72. The van der Waals surface area contributed by atoms with E-state index in [4.69, 9.17) is 5.84 Å². The van der Waals surface area contributed by atoms with E-state index in [0.29, 0.717) is 11.4 Å². The summed E-state index contributed by atoms with van der Waals surface area (Å²) in [6.07, 6.45) is 1.19. The fourth-order valence-corrected chi connectivity index (χ4v) is 1.02. The molecule has 1 aromatic rings. The smallest absolute Gasteiger partial charge is 0.287 e. The first-order valence-electron chi connectivity index (χ1n) is 3.62. The number of hydrazine groups is 1. The number of hydrogen-bond acceptors (Lipinski definition) is 5. The van der Waals surface area contributed by atoms with Gasteiger partial charge in [-0.2, -0.15) is 0 Å². The van der Waals surface area contributed by atoms with Crippen molar-refractivity contribution in [2.24, 2.45) is 5.84 Å². The van der Waals surface area contributed by atoms with Gasteiger partial charge in [-0.05, 0) is 12.5 Å².